The lowest BCUT2D eigenvalue weighted by Gasteiger charge is -2.08. The van der Waals surface area contributed by atoms with Crippen LogP contribution in [0.15, 0.2) is 18.2 Å². The molecule has 1 aliphatic heterocycles. The van der Waals surface area contributed by atoms with Gasteiger partial charge in [-0.3, -0.25) is 0 Å². The highest BCUT2D eigenvalue weighted by Crippen LogP contribution is 2.27. The number of ether oxygens (including phenoxy) is 1. The van der Waals surface area contributed by atoms with E-state index in [-0.39, 0.29) is 0 Å². The first-order valence-corrected chi connectivity index (χ1v) is 6.85. The van der Waals surface area contributed by atoms with Crippen LogP contribution in [0.5, 0.6) is 0 Å². The molecule has 1 aromatic heterocycles. The fraction of sp³-hybridized carbons (Fsp3) is 0.462. The quantitative estimate of drug-likeness (QED) is 0.905. The highest BCUT2D eigenvalue weighted by Gasteiger charge is 2.15. The fourth-order valence-electron chi connectivity index (χ4n) is 2.11. The van der Waals surface area contributed by atoms with Crippen molar-refractivity contribution in [1.82, 2.24) is 4.98 Å². The van der Waals surface area contributed by atoms with Gasteiger partial charge in [0.1, 0.15) is 0 Å². The minimum atomic E-state index is 0.365. The van der Waals surface area contributed by atoms with Gasteiger partial charge in [0, 0.05) is 13.2 Å². The first-order chi connectivity index (χ1) is 8.31. The van der Waals surface area contributed by atoms with Crippen LogP contribution >= 0.6 is 11.3 Å². The summed E-state index contributed by atoms with van der Waals surface area (Å²) in [7, 11) is 0. The van der Waals surface area contributed by atoms with Crippen molar-refractivity contribution >= 4 is 26.7 Å². The molecule has 90 valence electrons. The van der Waals surface area contributed by atoms with Crippen LogP contribution < -0.4 is 5.32 Å². The molecule has 0 spiro atoms. The van der Waals surface area contributed by atoms with E-state index in [9.17, 15) is 0 Å². The van der Waals surface area contributed by atoms with Crippen molar-refractivity contribution in [3.05, 3.63) is 23.8 Å². The molecule has 3 nitrogen and oxygen atoms in total. The topological polar surface area (TPSA) is 34.2 Å². The van der Waals surface area contributed by atoms with Crippen LogP contribution in [0.25, 0.3) is 10.2 Å². The van der Waals surface area contributed by atoms with E-state index < -0.39 is 0 Å². The summed E-state index contributed by atoms with van der Waals surface area (Å²) in [4.78, 5) is 4.57. The van der Waals surface area contributed by atoms with E-state index in [1.54, 1.807) is 11.3 Å². The molecule has 0 saturated carbocycles. The minimum absolute atomic E-state index is 0.365. The molecule has 1 aliphatic rings. The van der Waals surface area contributed by atoms with Crippen LogP contribution in [0.1, 0.15) is 18.4 Å². The maximum Gasteiger partial charge on any atom is 0.183 e. The molecule has 0 aliphatic carbocycles. The Morgan fingerprint density at radius 2 is 2.47 bits per heavy atom. The number of anilines is 1. The second kappa shape index (κ2) is 4.63. The van der Waals surface area contributed by atoms with E-state index in [1.807, 2.05) is 0 Å². The van der Waals surface area contributed by atoms with Gasteiger partial charge in [0.25, 0.3) is 0 Å². The fourth-order valence-corrected chi connectivity index (χ4v) is 3.08. The van der Waals surface area contributed by atoms with Crippen LogP contribution in [-0.2, 0) is 4.74 Å². The summed E-state index contributed by atoms with van der Waals surface area (Å²) in [6, 6.07) is 6.37. The summed E-state index contributed by atoms with van der Waals surface area (Å²) in [5.41, 5.74) is 2.36. The number of fused-ring (bicyclic) bond motifs is 1. The van der Waals surface area contributed by atoms with Crippen LogP contribution in [0.3, 0.4) is 0 Å². The molecule has 0 bridgehead atoms. The third kappa shape index (κ3) is 2.42. The summed E-state index contributed by atoms with van der Waals surface area (Å²) in [6.45, 7) is 3.89. The molecule has 4 heteroatoms. The van der Waals surface area contributed by atoms with E-state index >= 15 is 0 Å². The molecule has 1 N–H and O–H groups in total. The Kier molecular flexibility index (Phi) is 2.99. The minimum Gasteiger partial charge on any atom is -0.376 e. The molecule has 1 fully saturated rings. The SMILES string of the molecule is Cc1ccc2nc(NC[C@H]3CCCO3)sc2c1. The van der Waals surface area contributed by atoms with Gasteiger partial charge in [-0.2, -0.15) is 0 Å². The van der Waals surface area contributed by atoms with Gasteiger partial charge in [-0.05, 0) is 37.5 Å². The Hall–Kier alpha value is -1.13. The average Bonchev–Trinajstić information content (AvgIpc) is 2.94. The Labute approximate surface area is 105 Å². The second-order valence-corrected chi connectivity index (χ2v) is 5.54. The van der Waals surface area contributed by atoms with Gasteiger partial charge < -0.3 is 10.1 Å². The Morgan fingerprint density at radius 1 is 1.53 bits per heavy atom. The van der Waals surface area contributed by atoms with E-state index in [0.717, 1.165) is 30.2 Å². The third-order valence-corrected chi connectivity index (χ3v) is 4.02. The molecular formula is C13H16N2OS. The molecule has 0 radical (unpaired) electrons. The van der Waals surface area contributed by atoms with Crippen LogP contribution in [0.4, 0.5) is 5.13 Å². The summed E-state index contributed by atoms with van der Waals surface area (Å²) in [5, 5.41) is 4.38. The van der Waals surface area contributed by atoms with E-state index in [0.29, 0.717) is 6.10 Å². The number of aryl methyl sites for hydroxylation is 1. The van der Waals surface area contributed by atoms with Crippen molar-refractivity contribution in [3.8, 4) is 0 Å². The maximum absolute atomic E-state index is 5.58. The molecule has 0 amide bonds. The number of aromatic nitrogens is 1. The van der Waals surface area contributed by atoms with Gasteiger partial charge in [0.2, 0.25) is 0 Å². The van der Waals surface area contributed by atoms with Gasteiger partial charge in [-0.25, -0.2) is 4.98 Å². The molecule has 1 saturated heterocycles. The summed E-state index contributed by atoms with van der Waals surface area (Å²) in [6.07, 6.45) is 2.71. The van der Waals surface area contributed by atoms with Crippen LogP contribution in [0.2, 0.25) is 0 Å². The lowest BCUT2D eigenvalue weighted by atomic mass is 10.2. The zero-order valence-corrected chi connectivity index (χ0v) is 10.7. The van der Waals surface area contributed by atoms with Crippen molar-refractivity contribution in [3.63, 3.8) is 0 Å². The summed E-state index contributed by atoms with van der Waals surface area (Å²) >= 11 is 1.72. The lowest BCUT2D eigenvalue weighted by Crippen LogP contribution is -2.18. The van der Waals surface area contributed by atoms with Crippen molar-refractivity contribution in [2.75, 3.05) is 18.5 Å². The highest BCUT2D eigenvalue weighted by atomic mass is 32.1. The number of hydrogen-bond donors (Lipinski definition) is 1. The zero-order valence-electron chi connectivity index (χ0n) is 9.90. The molecule has 1 aromatic carbocycles. The molecule has 3 rings (SSSR count). The van der Waals surface area contributed by atoms with Gasteiger partial charge in [-0.15, -0.1) is 0 Å². The molecular weight excluding hydrogens is 232 g/mol. The monoisotopic (exact) mass is 248 g/mol. The molecule has 1 atom stereocenters. The molecule has 0 unspecified atom stereocenters. The zero-order chi connectivity index (χ0) is 11.7. The van der Waals surface area contributed by atoms with Gasteiger partial charge >= 0.3 is 0 Å². The Balaban J connectivity index is 1.72. The van der Waals surface area contributed by atoms with Crippen LogP contribution in [-0.4, -0.2) is 24.2 Å². The maximum atomic E-state index is 5.58. The van der Waals surface area contributed by atoms with E-state index in [1.165, 1.54) is 16.7 Å². The first kappa shape index (κ1) is 11.0. The number of rotatable bonds is 3. The average molecular weight is 248 g/mol. The molecule has 2 aromatic rings. The van der Waals surface area contributed by atoms with Gasteiger partial charge in [0.15, 0.2) is 5.13 Å². The largest absolute Gasteiger partial charge is 0.376 e. The predicted octanol–water partition coefficient (Wildman–Crippen LogP) is 3.20. The number of hydrogen-bond acceptors (Lipinski definition) is 4. The number of benzene rings is 1. The van der Waals surface area contributed by atoms with Crippen molar-refractivity contribution < 1.29 is 4.74 Å². The van der Waals surface area contributed by atoms with Crippen LogP contribution in [0, 0.1) is 6.92 Å². The highest BCUT2D eigenvalue weighted by molar-refractivity contribution is 7.22. The molecule has 17 heavy (non-hydrogen) atoms. The summed E-state index contributed by atoms with van der Waals surface area (Å²) in [5.74, 6) is 0. The van der Waals surface area contributed by atoms with E-state index in [4.69, 9.17) is 4.74 Å². The standard InChI is InChI=1S/C13H16N2OS/c1-9-4-5-11-12(7-9)17-13(15-11)14-8-10-3-2-6-16-10/h4-5,7,10H,2-3,6,8H2,1H3,(H,14,15)/t10-/m1/s1. The van der Waals surface area contributed by atoms with Crippen molar-refractivity contribution in [2.45, 2.75) is 25.9 Å². The Bertz CT molecular complexity index is 517. The lowest BCUT2D eigenvalue weighted by molar-refractivity contribution is 0.120. The predicted molar refractivity (Wildman–Crippen MR) is 71.8 cm³/mol. The third-order valence-electron chi connectivity index (χ3n) is 3.05. The van der Waals surface area contributed by atoms with Crippen molar-refractivity contribution in [2.24, 2.45) is 0 Å². The smallest absolute Gasteiger partial charge is 0.183 e. The number of thiazole rings is 1. The van der Waals surface area contributed by atoms with Gasteiger partial charge in [-0.1, -0.05) is 17.4 Å². The summed E-state index contributed by atoms with van der Waals surface area (Å²) < 4.78 is 6.83. The Morgan fingerprint density at radius 3 is 3.29 bits per heavy atom. The normalized spacial score (nSPS) is 19.9. The second-order valence-electron chi connectivity index (χ2n) is 4.51. The number of nitrogens with one attached hydrogen (secondary N) is 1. The number of nitrogens with zero attached hydrogens (tertiary/aromatic N) is 1. The van der Waals surface area contributed by atoms with E-state index in [2.05, 4.69) is 35.4 Å². The first-order valence-electron chi connectivity index (χ1n) is 6.04. The molecule has 2 heterocycles. The van der Waals surface area contributed by atoms with Gasteiger partial charge in [0.05, 0.1) is 16.3 Å². The van der Waals surface area contributed by atoms with Crippen molar-refractivity contribution in [1.29, 1.82) is 0 Å².